The molecule has 6 nitrogen and oxygen atoms in total. The Labute approximate surface area is 194 Å². The number of anilines is 4. The standard InChI is InChI=1S/C25H18ClFN6/c26-16-5-1-3-14(9-16)22-12-20(28)19-11-18(7-8-21(19)31-22)30-24-13-23(32-25(29)33-24)15-4-2-6-17(27)10-15/h1-13H,(H2,28,31)(H3,29,30,32,33). The van der Waals surface area contributed by atoms with Crippen molar-refractivity contribution in [3.05, 3.63) is 89.7 Å². The molecule has 0 unspecified atom stereocenters. The monoisotopic (exact) mass is 456 g/mol. The van der Waals surface area contributed by atoms with Gasteiger partial charge in [-0.05, 0) is 48.5 Å². The van der Waals surface area contributed by atoms with Gasteiger partial charge in [0, 0.05) is 39.0 Å². The van der Waals surface area contributed by atoms with Crippen molar-refractivity contribution < 1.29 is 4.39 Å². The maximum absolute atomic E-state index is 13.6. The minimum Gasteiger partial charge on any atom is -0.398 e. The Balaban J connectivity index is 1.49. The number of benzene rings is 3. The van der Waals surface area contributed by atoms with Crippen LogP contribution < -0.4 is 16.8 Å². The molecule has 2 aromatic heterocycles. The number of nitrogens with two attached hydrogens (primary N) is 2. The zero-order valence-corrected chi connectivity index (χ0v) is 18.0. The molecule has 0 aliphatic heterocycles. The Morgan fingerprint density at radius 3 is 2.30 bits per heavy atom. The van der Waals surface area contributed by atoms with Gasteiger partial charge in [0.1, 0.15) is 11.6 Å². The van der Waals surface area contributed by atoms with Crippen molar-refractivity contribution in [3.63, 3.8) is 0 Å². The lowest BCUT2D eigenvalue weighted by Crippen LogP contribution is -2.02. The fourth-order valence-electron chi connectivity index (χ4n) is 3.60. The molecular formula is C25H18ClFN6. The molecule has 5 rings (SSSR count). The second-order valence-electron chi connectivity index (χ2n) is 7.47. The van der Waals surface area contributed by atoms with E-state index in [-0.39, 0.29) is 11.8 Å². The first-order valence-corrected chi connectivity index (χ1v) is 10.5. The van der Waals surface area contributed by atoms with E-state index in [0.717, 1.165) is 27.8 Å². The highest BCUT2D eigenvalue weighted by atomic mass is 35.5. The van der Waals surface area contributed by atoms with E-state index in [1.807, 2.05) is 48.5 Å². The highest BCUT2D eigenvalue weighted by molar-refractivity contribution is 6.30. The van der Waals surface area contributed by atoms with Gasteiger partial charge in [0.25, 0.3) is 0 Å². The Morgan fingerprint density at radius 1 is 0.758 bits per heavy atom. The van der Waals surface area contributed by atoms with Crippen LogP contribution in [0.15, 0.2) is 78.9 Å². The Morgan fingerprint density at radius 2 is 1.52 bits per heavy atom. The van der Waals surface area contributed by atoms with Crippen LogP contribution in [0.1, 0.15) is 0 Å². The number of hydrogen-bond donors (Lipinski definition) is 3. The van der Waals surface area contributed by atoms with Crippen LogP contribution in [-0.4, -0.2) is 15.0 Å². The molecule has 33 heavy (non-hydrogen) atoms. The van der Waals surface area contributed by atoms with Gasteiger partial charge in [-0.3, -0.25) is 0 Å². The van der Waals surface area contributed by atoms with Crippen molar-refractivity contribution in [1.29, 1.82) is 0 Å². The molecule has 162 valence electrons. The van der Waals surface area contributed by atoms with Crippen molar-refractivity contribution in [1.82, 2.24) is 15.0 Å². The topological polar surface area (TPSA) is 103 Å². The summed E-state index contributed by atoms with van der Waals surface area (Å²) < 4.78 is 13.6. The Hall–Kier alpha value is -4.23. The summed E-state index contributed by atoms with van der Waals surface area (Å²) in [4.78, 5) is 13.2. The highest BCUT2D eigenvalue weighted by Gasteiger charge is 2.10. The van der Waals surface area contributed by atoms with Gasteiger partial charge in [-0.2, -0.15) is 4.98 Å². The molecule has 0 amide bonds. The predicted octanol–water partition coefficient (Wildman–Crippen LogP) is 6.06. The number of nitrogens with one attached hydrogen (secondary N) is 1. The maximum atomic E-state index is 13.6. The summed E-state index contributed by atoms with van der Waals surface area (Å²) in [6.45, 7) is 0. The van der Waals surface area contributed by atoms with E-state index < -0.39 is 0 Å². The van der Waals surface area contributed by atoms with Gasteiger partial charge in [0.15, 0.2) is 0 Å². The van der Waals surface area contributed by atoms with E-state index in [1.54, 1.807) is 18.2 Å². The van der Waals surface area contributed by atoms with Gasteiger partial charge < -0.3 is 16.8 Å². The summed E-state index contributed by atoms with van der Waals surface area (Å²) in [6, 6.07) is 22.8. The molecule has 0 aliphatic rings. The molecule has 5 aromatic rings. The number of rotatable bonds is 4. The van der Waals surface area contributed by atoms with Crippen LogP contribution in [-0.2, 0) is 0 Å². The summed E-state index contributed by atoms with van der Waals surface area (Å²) >= 11 is 6.11. The van der Waals surface area contributed by atoms with E-state index >= 15 is 0 Å². The molecule has 0 aliphatic carbocycles. The zero-order chi connectivity index (χ0) is 22.9. The third-order valence-electron chi connectivity index (χ3n) is 5.10. The van der Waals surface area contributed by atoms with Crippen LogP contribution in [0.2, 0.25) is 5.02 Å². The molecule has 5 N–H and O–H groups in total. The van der Waals surface area contributed by atoms with Gasteiger partial charge >= 0.3 is 0 Å². The lowest BCUT2D eigenvalue weighted by atomic mass is 10.1. The average molecular weight is 457 g/mol. The first-order valence-electron chi connectivity index (χ1n) is 10.1. The van der Waals surface area contributed by atoms with Crippen molar-refractivity contribution >= 4 is 45.6 Å². The van der Waals surface area contributed by atoms with Crippen molar-refractivity contribution in [3.8, 4) is 22.5 Å². The number of nitrogen functional groups attached to an aromatic ring is 2. The highest BCUT2D eigenvalue weighted by Crippen LogP contribution is 2.31. The summed E-state index contributed by atoms with van der Waals surface area (Å²) in [5.41, 5.74) is 17.1. The molecule has 0 saturated carbocycles. The van der Waals surface area contributed by atoms with Crippen LogP contribution in [0.25, 0.3) is 33.4 Å². The average Bonchev–Trinajstić information content (AvgIpc) is 2.79. The van der Waals surface area contributed by atoms with Crippen molar-refractivity contribution in [2.75, 3.05) is 16.8 Å². The minimum absolute atomic E-state index is 0.0763. The molecule has 0 fully saturated rings. The Kier molecular flexibility index (Phi) is 5.24. The number of halogens is 2. The van der Waals surface area contributed by atoms with Gasteiger partial charge in [-0.1, -0.05) is 35.9 Å². The molecular weight excluding hydrogens is 439 g/mol. The van der Waals surface area contributed by atoms with E-state index in [1.165, 1.54) is 12.1 Å². The van der Waals surface area contributed by atoms with Crippen LogP contribution in [0.4, 0.5) is 27.5 Å². The lowest BCUT2D eigenvalue weighted by molar-refractivity contribution is 0.628. The van der Waals surface area contributed by atoms with E-state index in [4.69, 9.17) is 28.1 Å². The fraction of sp³-hybridized carbons (Fsp3) is 0. The van der Waals surface area contributed by atoms with Gasteiger partial charge in [-0.15, -0.1) is 0 Å². The second kappa shape index (κ2) is 8.37. The minimum atomic E-state index is -0.353. The third kappa shape index (κ3) is 4.40. The van der Waals surface area contributed by atoms with Crippen molar-refractivity contribution in [2.24, 2.45) is 0 Å². The largest absolute Gasteiger partial charge is 0.398 e. The number of pyridine rings is 1. The summed E-state index contributed by atoms with van der Waals surface area (Å²) in [5, 5.41) is 4.64. The first kappa shape index (κ1) is 20.7. The number of hydrogen-bond acceptors (Lipinski definition) is 6. The normalized spacial score (nSPS) is 11.0. The molecule has 0 saturated heterocycles. The van der Waals surface area contributed by atoms with Crippen LogP contribution in [0.5, 0.6) is 0 Å². The van der Waals surface area contributed by atoms with Gasteiger partial charge in [0.2, 0.25) is 5.95 Å². The van der Waals surface area contributed by atoms with E-state index in [0.29, 0.717) is 27.8 Å². The molecule has 0 atom stereocenters. The van der Waals surface area contributed by atoms with Crippen LogP contribution in [0.3, 0.4) is 0 Å². The van der Waals surface area contributed by atoms with Gasteiger partial charge in [0.05, 0.1) is 16.9 Å². The molecule has 8 heteroatoms. The number of fused-ring (bicyclic) bond motifs is 1. The third-order valence-corrected chi connectivity index (χ3v) is 5.33. The number of aromatic nitrogens is 3. The molecule has 0 bridgehead atoms. The first-order chi connectivity index (χ1) is 15.9. The van der Waals surface area contributed by atoms with Crippen LogP contribution >= 0.6 is 11.6 Å². The lowest BCUT2D eigenvalue weighted by Gasteiger charge is -2.11. The second-order valence-corrected chi connectivity index (χ2v) is 7.91. The van der Waals surface area contributed by atoms with Crippen molar-refractivity contribution in [2.45, 2.75) is 0 Å². The maximum Gasteiger partial charge on any atom is 0.222 e. The number of nitrogens with zero attached hydrogens (tertiary/aromatic N) is 3. The van der Waals surface area contributed by atoms with Gasteiger partial charge in [-0.25, -0.2) is 14.4 Å². The summed E-state index contributed by atoms with van der Waals surface area (Å²) in [7, 11) is 0. The molecule has 3 aromatic carbocycles. The fourth-order valence-corrected chi connectivity index (χ4v) is 3.79. The smallest absolute Gasteiger partial charge is 0.222 e. The molecule has 2 heterocycles. The summed E-state index contributed by atoms with van der Waals surface area (Å²) in [5.74, 6) is 0.199. The predicted molar refractivity (Wildman–Crippen MR) is 132 cm³/mol. The molecule has 0 radical (unpaired) electrons. The molecule has 0 spiro atoms. The quantitative estimate of drug-likeness (QED) is 0.304. The Bertz CT molecular complexity index is 1500. The van der Waals surface area contributed by atoms with Crippen LogP contribution in [0, 0.1) is 5.82 Å². The zero-order valence-electron chi connectivity index (χ0n) is 17.3. The SMILES string of the molecule is Nc1nc(Nc2ccc3nc(-c4cccc(Cl)c4)cc(N)c3c2)cc(-c2cccc(F)c2)n1. The van der Waals surface area contributed by atoms with E-state index in [9.17, 15) is 4.39 Å². The summed E-state index contributed by atoms with van der Waals surface area (Å²) in [6.07, 6.45) is 0. The van der Waals surface area contributed by atoms with E-state index in [2.05, 4.69) is 15.3 Å².